The normalized spacial score (nSPS) is 22.4. The number of nitrogens with zero attached hydrogens (tertiary/aromatic N) is 1. The first kappa shape index (κ1) is 9.36. The first-order valence-corrected chi connectivity index (χ1v) is 5.09. The number of rotatable bonds is 1. The molecule has 0 aromatic rings. The third-order valence-electron chi connectivity index (χ3n) is 2.73. The van der Waals surface area contributed by atoms with Crippen molar-refractivity contribution in [3.8, 4) is 12.3 Å². The molecule has 0 saturated carbocycles. The molecule has 2 nitrogen and oxygen atoms in total. The third kappa shape index (κ3) is 2.00. The van der Waals surface area contributed by atoms with Crippen molar-refractivity contribution in [1.82, 2.24) is 4.90 Å². The standard InChI is InChI=1S/C12H15NO/c1-2-11-3-5-12(6-4-11)13-7-9-14-10-8-13/h1,3,5H,4,6-10H2. The molecule has 0 atom stereocenters. The molecule has 0 bridgehead atoms. The van der Waals surface area contributed by atoms with E-state index in [9.17, 15) is 0 Å². The van der Waals surface area contributed by atoms with Gasteiger partial charge in [-0.1, -0.05) is 5.92 Å². The molecule has 0 radical (unpaired) electrons. The predicted octanol–water partition coefficient (Wildman–Crippen LogP) is 1.56. The van der Waals surface area contributed by atoms with E-state index in [1.165, 1.54) is 5.70 Å². The Morgan fingerprint density at radius 1 is 1.21 bits per heavy atom. The molecule has 74 valence electrons. The van der Waals surface area contributed by atoms with Crippen LogP contribution >= 0.6 is 0 Å². The summed E-state index contributed by atoms with van der Waals surface area (Å²) in [6.07, 6.45) is 11.7. The summed E-state index contributed by atoms with van der Waals surface area (Å²) in [5, 5.41) is 0. The van der Waals surface area contributed by atoms with Crippen LogP contribution in [0.2, 0.25) is 0 Å². The molecular weight excluding hydrogens is 174 g/mol. The Kier molecular flexibility index (Phi) is 2.90. The monoisotopic (exact) mass is 189 g/mol. The fraction of sp³-hybridized carbons (Fsp3) is 0.500. The Bertz CT molecular complexity index is 303. The average Bonchev–Trinajstić information content (AvgIpc) is 2.30. The van der Waals surface area contributed by atoms with Crippen molar-refractivity contribution in [3.05, 3.63) is 23.4 Å². The molecule has 0 aromatic carbocycles. The van der Waals surface area contributed by atoms with Gasteiger partial charge in [0.05, 0.1) is 13.2 Å². The minimum Gasteiger partial charge on any atom is -0.378 e. The fourth-order valence-corrected chi connectivity index (χ4v) is 1.86. The van der Waals surface area contributed by atoms with Crippen LogP contribution in [-0.2, 0) is 4.74 Å². The van der Waals surface area contributed by atoms with E-state index < -0.39 is 0 Å². The predicted molar refractivity (Wildman–Crippen MR) is 56.6 cm³/mol. The second kappa shape index (κ2) is 4.34. The van der Waals surface area contributed by atoms with Crippen LogP contribution in [-0.4, -0.2) is 31.2 Å². The smallest absolute Gasteiger partial charge is 0.0642 e. The van der Waals surface area contributed by atoms with Crippen molar-refractivity contribution in [1.29, 1.82) is 0 Å². The summed E-state index contributed by atoms with van der Waals surface area (Å²) in [5.41, 5.74) is 2.52. The summed E-state index contributed by atoms with van der Waals surface area (Å²) in [5.74, 6) is 2.70. The zero-order valence-electron chi connectivity index (χ0n) is 8.33. The molecule has 0 aromatic heterocycles. The van der Waals surface area contributed by atoms with Gasteiger partial charge >= 0.3 is 0 Å². The molecule has 0 spiro atoms. The van der Waals surface area contributed by atoms with E-state index >= 15 is 0 Å². The van der Waals surface area contributed by atoms with Crippen molar-refractivity contribution >= 4 is 0 Å². The van der Waals surface area contributed by atoms with E-state index in [4.69, 9.17) is 11.2 Å². The van der Waals surface area contributed by atoms with Crippen LogP contribution in [0.5, 0.6) is 0 Å². The first-order chi connectivity index (χ1) is 6.90. The number of allylic oxidation sites excluding steroid dienone is 4. The number of morpholine rings is 1. The lowest BCUT2D eigenvalue weighted by molar-refractivity contribution is 0.0520. The van der Waals surface area contributed by atoms with Gasteiger partial charge in [0.25, 0.3) is 0 Å². The lowest BCUT2D eigenvalue weighted by Gasteiger charge is -2.32. The zero-order valence-corrected chi connectivity index (χ0v) is 8.33. The van der Waals surface area contributed by atoms with Crippen LogP contribution in [0.4, 0.5) is 0 Å². The molecule has 2 rings (SSSR count). The Balaban J connectivity index is 2.02. The highest BCUT2D eigenvalue weighted by atomic mass is 16.5. The molecule has 1 heterocycles. The Hall–Kier alpha value is -1.20. The van der Waals surface area contributed by atoms with E-state index in [1.807, 2.05) is 0 Å². The zero-order chi connectivity index (χ0) is 9.80. The summed E-state index contributed by atoms with van der Waals surface area (Å²) in [6.45, 7) is 3.74. The van der Waals surface area contributed by atoms with E-state index in [2.05, 4.69) is 23.0 Å². The van der Waals surface area contributed by atoms with Gasteiger partial charge in [-0.05, 0) is 25.0 Å². The Morgan fingerprint density at radius 2 is 2.00 bits per heavy atom. The molecule has 0 amide bonds. The molecule has 1 fully saturated rings. The second-order valence-corrected chi connectivity index (χ2v) is 3.59. The maximum Gasteiger partial charge on any atom is 0.0642 e. The molecule has 14 heavy (non-hydrogen) atoms. The molecule has 1 saturated heterocycles. The van der Waals surface area contributed by atoms with Crippen molar-refractivity contribution in [2.75, 3.05) is 26.3 Å². The minimum atomic E-state index is 0.850. The first-order valence-electron chi connectivity index (χ1n) is 5.09. The molecule has 0 N–H and O–H groups in total. The SMILES string of the molecule is C#CC1=CC=C(N2CCOCC2)CC1. The van der Waals surface area contributed by atoms with Crippen molar-refractivity contribution in [2.45, 2.75) is 12.8 Å². The lowest BCUT2D eigenvalue weighted by atomic mass is 10.0. The fourth-order valence-electron chi connectivity index (χ4n) is 1.86. The third-order valence-corrected chi connectivity index (χ3v) is 2.73. The van der Waals surface area contributed by atoms with Crippen molar-refractivity contribution < 1.29 is 4.74 Å². The molecule has 1 aliphatic heterocycles. The summed E-state index contributed by atoms with van der Waals surface area (Å²) in [7, 11) is 0. The maximum absolute atomic E-state index is 5.35. The van der Waals surface area contributed by atoms with Crippen molar-refractivity contribution in [2.24, 2.45) is 0 Å². The van der Waals surface area contributed by atoms with Crippen LogP contribution in [0.25, 0.3) is 0 Å². The summed E-state index contributed by atoms with van der Waals surface area (Å²) < 4.78 is 5.32. The number of terminal acetylenes is 1. The number of hydrogen-bond donors (Lipinski definition) is 0. The van der Waals surface area contributed by atoms with Crippen LogP contribution < -0.4 is 0 Å². The van der Waals surface area contributed by atoms with Gasteiger partial charge in [-0.25, -0.2) is 0 Å². The second-order valence-electron chi connectivity index (χ2n) is 3.59. The lowest BCUT2D eigenvalue weighted by Crippen LogP contribution is -2.35. The summed E-state index contributed by atoms with van der Waals surface area (Å²) >= 11 is 0. The average molecular weight is 189 g/mol. The van der Waals surface area contributed by atoms with Gasteiger partial charge in [-0.3, -0.25) is 0 Å². The highest BCUT2D eigenvalue weighted by Crippen LogP contribution is 2.21. The van der Waals surface area contributed by atoms with Gasteiger partial charge in [0.1, 0.15) is 0 Å². The van der Waals surface area contributed by atoms with Crippen LogP contribution in [0.1, 0.15) is 12.8 Å². The maximum atomic E-state index is 5.35. The molecular formula is C12H15NO. The van der Waals surface area contributed by atoms with E-state index in [0.717, 1.165) is 44.7 Å². The van der Waals surface area contributed by atoms with Gasteiger partial charge in [0.2, 0.25) is 0 Å². The van der Waals surface area contributed by atoms with Gasteiger partial charge in [-0.2, -0.15) is 0 Å². The van der Waals surface area contributed by atoms with Crippen molar-refractivity contribution in [3.63, 3.8) is 0 Å². The van der Waals surface area contributed by atoms with Gasteiger partial charge < -0.3 is 9.64 Å². The van der Waals surface area contributed by atoms with Gasteiger partial charge in [0, 0.05) is 24.4 Å². The summed E-state index contributed by atoms with van der Waals surface area (Å²) in [6, 6.07) is 0. The van der Waals surface area contributed by atoms with Crippen LogP contribution in [0.3, 0.4) is 0 Å². The van der Waals surface area contributed by atoms with E-state index in [-0.39, 0.29) is 0 Å². The quantitative estimate of drug-likeness (QED) is 0.580. The Labute approximate surface area is 85.2 Å². The molecule has 0 unspecified atom stereocenters. The molecule has 2 aliphatic rings. The van der Waals surface area contributed by atoms with Gasteiger partial charge in [0.15, 0.2) is 0 Å². The van der Waals surface area contributed by atoms with Gasteiger partial charge in [-0.15, -0.1) is 6.42 Å². The Morgan fingerprint density at radius 3 is 2.57 bits per heavy atom. The highest BCUT2D eigenvalue weighted by Gasteiger charge is 2.15. The van der Waals surface area contributed by atoms with E-state index in [1.54, 1.807) is 0 Å². The summed E-state index contributed by atoms with van der Waals surface area (Å²) in [4.78, 5) is 2.40. The molecule has 2 heteroatoms. The van der Waals surface area contributed by atoms with Crippen LogP contribution in [0, 0.1) is 12.3 Å². The topological polar surface area (TPSA) is 12.5 Å². The number of ether oxygens (including phenoxy) is 1. The molecule has 1 aliphatic carbocycles. The highest BCUT2D eigenvalue weighted by molar-refractivity contribution is 5.34. The largest absolute Gasteiger partial charge is 0.378 e. The van der Waals surface area contributed by atoms with Crippen LogP contribution in [0.15, 0.2) is 23.4 Å². The minimum absolute atomic E-state index is 0.850. The van der Waals surface area contributed by atoms with E-state index in [0.29, 0.717) is 0 Å². The number of hydrogen-bond acceptors (Lipinski definition) is 2.